The molecule has 0 saturated carbocycles. The highest BCUT2D eigenvalue weighted by Gasteiger charge is 2.23. The molecule has 0 aliphatic carbocycles. The molecule has 1 N–H and O–H groups in total. The van der Waals surface area contributed by atoms with Crippen LogP contribution in [0.1, 0.15) is 5.69 Å². The minimum Gasteiger partial charge on any atom is -0.357 e. The topological polar surface area (TPSA) is 81.0 Å². The van der Waals surface area contributed by atoms with Gasteiger partial charge >= 0.3 is 5.69 Å². The summed E-state index contributed by atoms with van der Waals surface area (Å²) in [6.45, 7) is 1.55. The third-order valence-electron chi connectivity index (χ3n) is 2.60. The van der Waals surface area contributed by atoms with E-state index in [2.05, 4.69) is 15.3 Å². The van der Waals surface area contributed by atoms with Gasteiger partial charge in [0.25, 0.3) is 0 Å². The number of hydrogen-bond acceptors (Lipinski definition) is 5. The molecule has 0 radical (unpaired) electrons. The molecule has 20 heavy (non-hydrogen) atoms. The second kappa shape index (κ2) is 5.60. The van der Waals surface area contributed by atoms with Crippen LogP contribution in [0, 0.1) is 17.0 Å². The van der Waals surface area contributed by atoms with E-state index >= 15 is 0 Å². The van der Waals surface area contributed by atoms with Gasteiger partial charge in [0.15, 0.2) is 5.69 Å². The predicted octanol–water partition coefficient (Wildman–Crippen LogP) is 3.71. The molecule has 104 valence electrons. The van der Waals surface area contributed by atoms with Crippen LogP contribution >= 0.6 is 23.2 Å². The lowest BCUT2D eigenvalue weighted by atomic mass is 10.1. The number of anilines is 1. The molecule has 0 atom stereocenters. The number of rotatable bonds is 3. The van der Waals surface area contributed by atoms with Crippen LogP contribution in [-0.2, 0) is 0 Å². The predicted molar refractivity (Wildman–Crippen MR) is 78.4 cm³/mol. The Hall–Kier alpha value is -1.92. The van der Waals surface area contributed by atoms with Crippen molar-refractivity contribution in [1.29, 1.82) is 0 Å². The summed E-state index contributed by atoms with van der Waals surface area (Å²) in [6, 6.07) is 4.69. The molecule has 0 saturated heterocycles. The first kappa shape index (κ1) is 14.5. The van der Waals surface area contributed by atoms with Crippen LogP contribution in [-0.4, -0.2) is 21.9 Å². The lowest BCUT2D eigenvalue weighted by molar-refractivity contribution is -0.385. The summed E-state index contributed by atoms with van der Waals surface area (Å²) in [5, 5.41) is 14.7. The van der Waals surface area contributed by atoms with Crippen molar-refractivity contribution in [2.45, 2.75) is 6.92 Å². The standard InChI is InChI=1S/C12H10Cl2N4O2/c1-6-11(18(19)20)10(17-12(15-2)16-6)7-3-8(13)5-9(14)4-7/h3-5H,1-2H3,(H,15,16,17). The van der Waals surface area contributed by atoms with Crippen molar-refractivity contribution in [3.8, 4) is 11.3 Å². The first-order chi connectivity index (χ1) is 9.42. The Labute approximate surface area is 124 Å². The molecular weight excluding hydrogens is 303 g/mol. The van der Waals surface area contributed by atoms with Gasteiger partial charge in [-0.05, 0) is 25.1 Å². The molecule has 0 fully saturated rings. The largest absolute Gasteiger partial charge is 0.357 e. The lowest BCUT2D eigenvalue weighted by Gasteiger charge is -2.08. The van der Waals surface area contributed by atoms with Gasteiger partial charge in [-0.2, -0.15) is 0 Å². The average Bonchev–Trinajstić information content (AvgIpc) is 2.35. The van der Waals surface area contributed by atoms with Gasteiger partial charge in [0.2, 0.25) is 5.95 Å². The van der Waals surface area contributed by atoms with Crippen LogP contribution in [0.15, 0.2) is 18.2 Å². The number of hydrogen-bond donors (Lipinski definition) is 1. The zero-order chi connectivity index (χ0) is 14.9. The number of nitrogens with zero attached hydrogens (tertiary/aromatic N) is 3. The Morgan fingerprint density at radius 2 is 1.80 bits per heavy atom. The minimum atomic E-state index is -0.515. The highest BCUT2D eigenvalue weighted by molar-refractivity contribution is 6.35. The number of aromatic nitrogens is 2. The monoisotopic (exact) mass is 312 g/mol. The van der Waals surface area contributed by atoms with Crippen LogP contribution in [0.4, 0.5) is 11.6 Å². The van der Waals surface area contributed by atoms with Crippen LogP contribution in [0.25, 0.3) is 11.3 Å². The molecule has 6 nitrogen and oxygen atoms in total. The zero-order valence-electron chi connectivity index (χ0n) is 10.6. The average molecular weight is 313 g/mol. The van der Waals surface area contributed by atoms with E-state index in [0.717, 1.165) is 0 Å². The van der Waals surface area contributed by atoms with Crippen LogP contribution in [0.2, 0.25) is 10.0 Å². The van der Waals surface area contributed by atoms with Crippen molar-refractivity contribution in [1.82, 2.24) is 9.97 Å². The van der Waals surface area contributed by atoms with E-state index in [9.17, 15) is 10.1 Å². The second-order valence-electron chi connectivity index (χ2n) is 4.00. The number of nitro groups is 1. The van der Waals surface area contributed by atoms with Gasteiger partial charge in [0.05, 0.1) is 4.92 Å². The number of aryl methyl sites for hydroxylation is 1. The molecule has 1 heterocycles. The molecule has 0 bridgehead atoms. The second-order valence-corrected chi connectivity index (χ2v) is 4.87. The molecule has 0 aliphatic rings. The third-order valence-corrected chi connectivity index (χ3v) is 3.04. The summed E-state index contributed by atoms with van der Waals surface area (Å²) < 4.78 is 0. The Bertz CT molecular complexity index is 671. The molecule has 1 aromatic heterocycles. The van der Waals surface area contributed by atoms with Gasteiger partial charge in [-0.1, -0.05) is 23.2 Å². The quantitative estimate of drug-likeness (QED) is 0.690. The Kier molecular flexibility index (Phi) is 4.06. The van der Waals surface area contributed by atoms with E-state index in [1.165, 1.54) is 0 Å². The van der Waals surface area contributed by atoms with E-state index in [1.54, 1.807) is 32.2 Å². The van der Waals surface area contributed by atoms with Gasteiger partial charge < -0.3 is 5.32 Å². The van der Waals surface area contributed by atoms with Gasteiger partial charge in [-0.15, -0.1) is 0 Å². The van der Waals surface area contributed by atoms with Crippen LogP contribution in [0.5, 0.6) is 0 Å². The van der Waals surface area contributed by atoms with Crippen LogP contribution < -0.4 is 5.32 Å². The van der Waals surface area contributed by atoms with Gasteiger partial charge in [0.1, 0.15) is 5.69 Å². The fourth-order valence-electron chi connectivity index (χ4n) is 1.79. The maximum absolute atomic E-state index is 11.2. The highest BCUT2D eigenvalue weighted by atomic mass is 35.5. The molecule has 8 heteroatoms. The van der Waals surface area contributed by atoms with E-state index in [4.69, 9.17) is 23.2 Å². The van der Waals surface area contributed by atoms with Gasteiger partial charge in [-0.25, -0.2) is 9.97 Å². The Morgan fingerprint density at radius 1 is 1.20 bits per heavy atom. The lowest BCUT2D eigenvalue weighted by Crippen LogP contribution is -2.05. The molecular formula is C12H10Cl2N4O2. The first-order valence-corrected chi connectivity index (χ1v) is 6.35. The van der Waals surface area contributed by atoms with Crippen molar-refractivity contribution in [2.24, 2.45) is 0 Å². The molecule has 0 amide bonds. The van der Waals surface area contributed by atoms with E-state index in [0.29, 0.717) is 21.6 Å². The maximum Gasteiger partial charge on any atom is 0.316 e. The third kappa shape index (κ3) is 2.81. The van der Waals surface area contributed by atoms with Gasteiger partial charge in [-0.3, -0.25) is 10.1 Å². The minimum absolute atomic E-state index is 0.165. The zero-order valence-corrected chi connectivity index (χ0v) is 12.2. The van der Waals surface area contributed by atoms with E-state index in [1.807, 2.05) is 0 Å². The van der Waals surface area contributed by atoms with Crippen molar-refractivity contribution in [3.63, 3.8) is 0 Å². The van der Waals surface area contributed by atoms with E-state index < -0.39 is 4.92 Å². The fourth-order valence-corrected chi connectivity index (χ4v) is 2.32. The van der Waals surface area contributed by atoms with Crippen molar-refractivity contribution < 1.29 is 4.92 Å². The van der Waals surface area contributed by atoms with Crippen molar-refractivity contribution in [2.75, 3.05) is 12.4 Å². The number of halogens is 2. The summed E-state index contributed by atoms with van der Waals surface area (Å²) in [5.41, 5.74) is 0.746. The molecule has 0 aliphatic heterocycles. The molecule has 1 aromatic carbocycles. The molecule has 2 rings (SSSR count). The summed E-state index contributed by atoms with van der Waals surface area (Å²) in [6.07, 6.45) is 0. The molecule has 0 unspecified atom stereocenters. The summed E-state index contributed by atoms with van der Waals surface area (Å²) >= 11 is 11.9. The summed E-state index contributed by atoms with van der Waals surface area (Å²) in [4.78, 5) is 18.9. The fraction of sp³-hybridized carbons (Fsp3) is 0.167. The smallest absolute Gasteiger partial charge is 0.316 e. The maximum atomic E-state index is 11.2. The SMILES string of the molecule is CNc1nc(C)c([N+](=O)[O-])c(-c2cc(Cl)cc(Cl)c2)n1. The van der Waals surface area contributed by atoms with Gasteiger partial charge in [0, 0.05) is 22.7 Å². The molecule has 2 aromatic rings. The van der Waals surface area contributed by atoms with E-state index in [-0.39, 0.29) is 17.1 Å². The first-order valence-electron chi connectivity index (χ1n) is 5.59. The van der Waals surface area contributed by atoms with Crippen molar-refractivity contribution in [3.05, 3.63) is 44.1 Å². The Morgan fingerprint density at radius 3 is 2.30 bits per heavy atom. The van der Waals surface area contributed by atoms with Crippen LogP contribution in [0.3, 0.4) is 0 Å². The Balaban J connectivity index is 2.76. The highest BCUT2D eigenvalue weighted by Crippen LogP contribution is 2.34. The number of nitrogens with one attached hydrogen (secondary N) is 1. The summed E-state index contributed by atoms with van der Waals surface area (Å²) in [5.74, 6) is 0.291. The normalized spacial score (nSPS) is 10.4. The molecule has 0 spiro atoms. The summed E-state index contributed by atoms with van der Waals surface area (Å²) in [7, 11) is 1.63. The van der Waals surface area contributed by atoms with Crippen molar-refractivity contribution >= 4 is 34.8 Å². The number of benzene rings is 1.